The van der Waals surface area contributed by atoms with Gasteiger partial charge in [-0.25, -0.2) is 0 Å². The van der Waals surface area contributed by atoms with Crippen molar-refractivity contribution in [1.29, 1.82) is 0 Å². The molecule has 0 bridgehead atoms. The third-order valence-corrected chi connectivity index (χ3v) is 4.78. The molecule has 4 rings (SSSR count). The SMILES string of the molecule is O=S1(=O)N=Cc2c1ccc1cc3ccccc3cc21. The van der Waals surface area contributed by atoms with Crippen LogP contribution in [0.1, 0.15) is 5.56 Å². The Kier molecular flexibility index (Phi) is 1.93. The molecular formula is C15H9NO2S. The van der Waals surface area contributed by atoms with Gasteiger partial charge >= 0.3 is 0 Å². The van der Waals surface area contributed by atoms with Gasteiger partial charge in [-0.3, -0.25) is 0 Å². The van der Waals surface area contributed by atoms with E-state index in [9.17, 15) is 8.42 Å². The fourth-order valence-electron chi connectivity index (χ4n) is 2.55. The summed E-state index contributed by atoms with van der Waals surface area (Å²) in [5.41, 5.74) is 0.697. The molecule has 0 aromatic heterocycles. The van der Waals surface area contributed by atoms with Crippen LogP contribution in [0.15, 0.2) is 57.8 Å². The zero-order valence-electron chi connectivity index (χ0n) is 9.87. The lowest BCUT2D eigenvalue weighted by Gasteiger charge is -2.05. The summed E-state index contributed by atoms with van der Waals surface area (Å²) in [7, 11) is -3.48. The lowest BCUT2D eigenvalue weighted by atomic mass is 10.0. The largest absolute Gasteiger partial charge is 0.282 e. The molecule has 0 radical (unpaired) electrons. The minimum Gasteiger partial charge on any atom is -0.199 e. The Morgan fingerprint density at radius 3 is 2.37 bits per heavy atom. The molecule has 0 unspecified atom stereocenters. The van der Waals surface area contributed by atoms with Crippen LogP contribution in [0.25, 0.3) is 21.5 Å². The number of fused-ring (bicyclic) bond motifs is 4. The fourth-order valence-corrected chi connectivity index (χ4v) is 3.59. The maximum atomic E-state index is 11.8. The maximum Gasteiger partial charge on any atom is 0.282 e. The molecule has 1 aliphatic heterocycles. The van der Waals surface area contributed by atoms with Gasteiger partial charge in [-0.2, -0.15) is 12.8 Å². The predicted molar refractivity (Wildman–Crippen MR) is 76.2 cm³/mol. The van der Waals surface area contributed by atoms with E-state index < -0.39 is 10.0 Å². The van der Waals surface area contributed by atoms with Crippen LogP contribution in [0.2, 0.25) is 0 Å². The quantitative estimate of drug-likeness (QED) is 0.587. The number of sulfonamides is 1. The predicted octanol–water partition coefficient (Wildman–Crippen LogP) is 3.11. The van der Waals surface area contributed by atoms with E-state index in [0.29, 0.717) is 10.5 Å². The number of benzene rings is 3. The van der Waals surface area contributed by atoms with Crippen LogP contribution in [0.5, 0.6) is 0 Å². The molecule has 92 valence electrons. The third kappa shape index (κ3) is 1.43. The van der Waals surface area contributed by atoms with Gasteiger partial charge in [0.15, 0.2) is 0 Å². The maximum absolute atomic E-state index is 11.8. The van der Waals surface area contributed by atoms with Crippen molar-refractivity contribution in [2.75, 3.05) is 0 Å². The highest BCUT2D eigenvalue weighted by Gasteiger charge is 2.23. The van der Waals surface area contributed by atoms with E-state index in [4.69, 9.17) is 0 Å². The highest BCUT2D eigenvalue weighted by atomic mass is 32.2. The first-order valence-electron chi connectivity index (χ1n) is 5.91. The van der Waals surface area contributed by atoms with E-state index in [2.05, 4.69) is 10.5 Å². The summed E-state index contributed by atoms with van der Waals surface area (Å²) in [6.07, 6.45) is 1.45. The Balaban J connectivity index is 2.21. The molecule has 3 aromatic rings. The molecule has 0 atom stereocenters. The molecule has 0 N–H and O–H groups in total. The highest BCUT2D eigenvalue weighted by molar-refractivity contribution is 7.90. The summed E-state index contributed by atoms with van der Waals surface area (Å²) < 4.78 is 27.1. The first kappa shape index (κ1) is 10.7. The summed E-state index contributed by atoms with van der Waals surface area (Å²) >= 11 is 0. The second-order valence-corrected chi connectivity index (χ2v) is 6.21. The number of rotatable bonds is 0. The van der Waals surface area contributed by atoms with E-state index >= 15 is 0 Å². The Morgan fingerprint density at radius 1 is 0.842 bits per heavy atom. The minimum absolute atomic E-state index is 0.301. The van der Waals surface area contributed by atoms with Gasteiger partial charge < -0.3 is 0 Å². The van der Waals surface area contributed by atoms with Crippen LogP contribution >= 0.6 is 0 Å². The average Bonchev–Trinajstić information content (AvgIpc) is 2.72. The van der Waals surface area contributed by atoms with Crippen molar-refractivity contribution >= 4 is 37.8 Å². The van der Waals surface area contributed by atoms with E-state index in [0.717, 1.165) is 21.5 Å². The smallest absolute Gasteiger partial charge is 0.199 e. The Labute approximate surface area is 110 Å². The van der Waals surface area contributed by atoms with Gasteiger partial charge in [0, 0.05) is 11.8 Å². The van der Waals surface area contributed by atoms with Gasteiger partial charge in [0.05, 0.1) is 4.90 Å². The van der Waals surface area contributed by atoms with Crippen molar-refractivity contribution in [3.63, 3.8) is 0 Å². The van der Waals surface area contributed by atoms with E-state index in [1.807, 2.05) is 36.4 Å². The van der Waals surface area contributed by atoms with Crippen molar-refractivity contribution < 1.29 is 8.42 Å². The van der Waals surface area contributed by atoms with Crippen LogP contribution < -0.4 is 0 Å². The van der Waals surface area contributed by atoms with Crippen molar-refractivity contribution in [2.24, 2.45) is 4.40 Å². The molecule has 0 amide bonds. The van der Waals surface area contributed by atoms with Crippen molar-refractivity contribution in [1.82, 2.24) is 0 Å². The second kappa shape index (κ2) is 3.42. The van der Waals surface area contributed by atoms with Crippen LogP contribution in [0.3, 0.4) is 0 Å². The molecule has 0 aliphatic carbocycles. The summed E-state index contributed by atoms with van der Waals surface area (Å²) in [5, 5.41) is 4.20. The topological polar surface area (TPSA) is 46.5 Å². The van der Waals surface area contributed by atoms with Gasteiger partial charge in [0.2, 0.25) is 0 Å². The van der Waals surface area contributed by atoms with E-state index in [-0.39, 0.29) is 0 Å². The highest BCUT2D eigenvalue weighted by Crippen LogP contribution is 2.32. The zero-order valence-corrected chi connectivity index (χ0v) is 10.7. The van der Waals surface area contributed by atoms with E-state index in [1.54, 1.807) is 6.07 Å². The van der Waals surface area contributed by atoms with Crippen LogP contribution in [-0.2, 0) is 10.0 Å². The molecule has 0 fully saturated rings. The molecule has 4 heteroatoms. The van der Waals surface area contributed by atoms with Gasteiger partial charge in [-0.1, -0.05) is 30.3 Å². The summed E-state index contributed by atoms with van der Waals surface area (Å²) in [6.45, 7) is 0. The normalized spacial score (nSPS) is 16.0. The third-order valence-electron chi connectivity index (χ3n) is 3.49. The minimum atomic E-state index is -3.48. The molecule has 0 saturated heterocycles. The van der Waals surface area contributed by atoms with E-state index in [1.165, 1.54) is 6.21 Å². The molecule has 1 heterocycles. The second-order valence-electron chi connectivity index (χ2n) is 4.61. The Morgan fingerprint density at radius 2 is 1.58 bits per heavy atom. The summed E-state index contributed by atoms with van der Waals surface area (Å²) in [5.74, 6) is 0. The summed E-state index contributed by atoms with van der Waals surface area (Å²) in [4.78, 5) is 0.301. The van der Waals surface area contributed by atoms with Gasteiger partial charge in [-0.05, 0) is 39.7 Å². The van der Waals surface area contributed by atoms with Crippen molar-refractivity contribution in [3.05, 3.63) is 54.1 Å². The van der Waals surface area contributed by atoms with Crippen LogP contribution in [0, 0.1) is 0 Å². The summed E-state index contributed by atoms with van der Waals surface area (Å²) in [6, 6.07) is 15.6. The molecule has 3 nitrogen and oxygen atoms in total. The average molecular weight is 267 g/mol. The van der Waals surface area contributed by atoms with Crippen molar-refractivity contribution in [2.45, 2.75) is 4.90 Å². The Hall–Kier alpha value is -2.20. The van der Waals surface area contributed by atoms with Crippen LogP contribution in [0.4, 0.5) is 0 Å². The van der Waals surface area contributed by atoms with Gasteiger partial charge in [0.1, 0.15) is 0 Å². The zero-order chi connectivity index (χ0) is 13.0. The van der Waals surface area contributed by atoms with Gasteiger partial charge in [0.25, 0.3) is 10.0 Å². The molecule has 19 heavy (non-hydrogen) atoms. The monoisotopic (exact) mass is 267 g/mol. The van der Waals surface area contributed by atoms with Crippen LogP contribution in [-0.4, -0.2) is 14.6 Å². The fraction of sp³-hybridized carbons (Fsp3) is 0. The lowest BCUT2D eigenvalue weighted by molar-refractivity contribution is 0.599. The number of hydrogen-bond acceptors (Lipinski definition) is 2. The number of nitrogens with zero attached hydrogens (tertiary/aromatic N) is 1. The Bertz CT molecular complexity index is 972. The standard InChI is InChI=1S/C15H9NO2S/c17-19(18)15-6-5-12-7-10-3-1-2-4-11(10)8-13(12)14(15)9-16-19/h1-9H. The van der Waals surface area contributed by atoms with Crippen molar-refractivity contribution in [3.8, 4) is 0 Å². The number of hydrogen-bond donors (Lipinski definition) is 0. The lowest BCUT2D eigenvalue weighted by Crippen LogP contribution is -1.93. The first-order valence-corrected chi connectivity index (χ1v) is 7.35. The molecule has 1 aliphatic rings. The molecule has 0 saturated carbocycles. The molecule has 3 aromatic carbocycles. The van der Waals surface area contributed by atoms with Gasteiger partial charge in [-0.15, -0.1) is 0 Å². The first-order chi connectivity index (χ1) is 9.15. The molecular weight excluding hydrogens is 258 g/mol. The molecule has 0 spiro atoms.